The Morgan fingerprint density at radius 1 is 1.07 bits per heavy atom. The Bertz CT molecular complexity index is 1270. The summed E-state index contributed by atoms with van der Waals surface area (Å²) < 4.78 is 5.40. The third-order valence-electron chi connectivity index (χ3n) is 4.67. The summed E-state index contributed by atoms with van der Waals surface area (Å²) in [5.41, 5.74) is 2.60. The summed E-state index contributed by atoms with van der Waals surface area (Å²) >= 11 is 6.18. The number of aromatic nitrogens is 2. The molecule has 1 heterocycles. The van der Waals surface area contributed by atoms with Crippen molar-refractivity contribution >= 4 is 34.2 Å². The molecular weight excluding hydrogens is 402 g/mol. The Hall–Kier alpha value is -3.48. The lowest BCUT2D eigenvalue weighted by Crippen LogP contribution is -2.23. The smallest absolute Gasteiger partial charge is 0.275 e. The molecule has 0 fully saturated rings. The fourth-order valence-electron chi connectivity index (χ4n) is 3.25. The Labute approximate surface area is 177 Å². The normalized spacial score (nSPS) is 11.9. The first-order valence-corrected chi connectivity index (χ1v) is 9.62. The summed E-state index contributed by atoms with van der Waals surface area (Å²) in [6, 6.07) is 21.3. The average molecular weight is 420 g/mol. The number of hydrogen-bond acceptors (Lipinski definition) is 4. The van der Waals surface area contributed by atoms with Gasteiger partial charge in [0, 0.05) is 17.7 Å². The molecule has 1 aromatic heterocycles. The highest BCUT2D eigenvalue weighted by Crippen LogP contribution is 2.30. The molecule has 0 saturated carbocycles. The number of anilines is 1. The summed E-state index contributed by atoms with van der Waals surface area (Å²) in [6.45, 7) is 0. The zero-order chi connectivity index (χ0) is 21.1. The Balaban J connectivity index is 1.75. The van der Waals surface area contributed by atoms with Gasteiger partial charge >= 0.3 is 0 Å². The number of hydrogen-bond donors (Lipinski definition) is 2. The number of nitrogens with one attached hydrogen (secondary N) is 2. The lowest BCUT2D eigenvalue weighted by atomic mass is 10.1. The number of benzene rings is 3. The lowest BCUT2D eigenvalue weighted by Gasteiger charge is -2.17. The van der Waals surface area contributed by atoms with Crippen LogP contribution < -0.4 is 10.9 Å². The zero-order valence-corrected chi connectivity index (χ0v) is 16.8. The minimum Gasteiger partial charge on any atom is -0.367 e. The SMILES string of the molecule is COC(C(=O)Nc1ccc(Cl)cc1-c1nc2ccccc2[nH]c1=O)c1ccccc1. The van der Waals surface area contributed by atoms with Gasteiger partial charge < -0.3 is 15.0 Å². The van der Waals surface area contributed by atoms with Crippen molar-refractivity contribution in [2.24, 2.45) is 0 Å². The predicted molar refractivity (Wildman–Crippen MR) is 118 cm³/mol. The number of methoxy groups -OCH3 is 1. The van der Waals surface area contributed by atoms with Gasteiger partial charge in [-0.1, -0.05) is 54.1 Å². The molecule has 1 amide bonds. The quantitative estimate of drug-likeness (QED) is 0.496. The number of fused-ring (bicyclic) bond motifs is 1. The van der Waals surface area contributed by atoms with Gasteiger partial charge in [-0.3, -0.25) is 9.59 Å². The first-order valence-electron chi connectivity index (χ1n) is 9.24. The molecule has 0 aliphatic rings. The summed E-state index contributed by atoms with van der Waals surface area (Å²) in [5, 5.41) is 3.27. The molecule has 2 N–H and O–H groups in total. The van der Waals surface area contributed by atoms with E-state index in [1.807, 2.05) is 42.5 Å². The van der Waals surface area contributed by atoms with E-state index in [1.54, 1.807) is 30.3 Å². The number of halogens is 1. The van der Waals surface area contributed by atoms with Crippen LogP contribution in [0.25, 0.3) is 22.3 Å². The van der Waals surface area contributed by atoms with E-state index in [1.165, 1.54) is 7.11 Å². The van der Waals surface area contributed by atoms with Crippen LogP contribution in [0.1, 0.15) is 11.7 Å². The first kappa shape index (κ1) is 19.8. The number of ether oxygens (including phenoxy) is 1. The minimum atomic E-state index is -0.808. The lowest BCUT2D eigenvalue weighted by molar-refractivity contribution is -0.126. The summed E-state index contributed by atoms with van der Waals surface area (Å²) in [6.07, 6.45) is -0.808. The number of aromatic amines is 1. The fourth-order valence-corrected chi connectivity index (χ4v) is 3.43. The number of rotatable bonds is 5. The van der Waals surface area contributed by atoms with Crippen LogP contribution in [0.5, 0.6) is 0 Å². The van der Waals surface area contributed by atoms with Gasteiger partial charge in [-0.15, -0.1) is 0 Å². The maximum absolute atomic E-state index is 12.9. The minimum absolute atomic E-state index is 0.167. The Kier molecular flexibility index (Phi) is 5.61. The summed E-state index contributed by atoms with van der Waals surface area (Å²) in [7, 11) is 1.47. The van der Waals surface area contributed by atoms with Gasteiger partial charge in [0.25, 0.3) is 11.5 Å². The molecule has 3 aromatic carbocycles. The number of carbonyl (C=O) groups excluding carboxylic acids is 1. The number of H-pyrrole nitrogens is 1. The van der Waals surface area contributed by atoms with E-state index >= 15 is 0 Å². The van der Waals surface area contributed by atoms with Crippen LogP contribution >= 0.6 is 11.6 Å². The van der Waals surface area contributed by atoms with Gasteiger partial charge in [0.15, 0.2) is 6.10 Å². The van der Waals surface area contributed by atoms with E-state index in [0.717, 1.165) is 5.56 Å². The number of amides is 1. The number of carbonyl (C=O) groups is 1. The standard InChI is InChI=1S/C23H18ClN3O3/c1-30-21(14-7-3-2-4-8-14)23(29)26-17-12-11-15(24)13-16(17)20-22(28)27-19-10-6-5-9-18(19)25-20/h2-13,21H,1H3,(H,26,29)(H,27,28). The van der Waals surface area contributed by atoms with Gasteiger partial charge in [0.1, 0.15) is 5.69 Å². The summed E-state index contributed by atoms with van der Waals surface area (Å²) in [5.74, 6) is -0.371. The monoisotopic (exact) mass is 419 g/mol. The van der Waals surface area contributed by atoms with Gasteiger partial charge in [-0.2, -0.15) is 0 Å². The van der Waals surface area contributed by atoms with Crippen LogP contribution in [0.2, 0.25) is 5.02 Å². The van der Waals surface area contributed by atoms with E-state index in [-0.39, 0.29) is 17.2 Å². The number of para-hydroxylation sites is 2. The molecule has 4 rings (SSSR count). The fraction of sp³-hybridized carbons (Fsp3) is 0.0870. The molecule has 0 saturated heterocycles. The molecule has 1 unspecified atom stereocenters. The van der Waals surface area contributed by atoms with Gasteiger partial charge in [-0.25, -0.2) is 4.98 Å². The van der Waals surface area contributed by atoms with E-state index in [0.29, 0.717) is 27.3 Å². The van der Waals surface area contributed by atoms with E-state index in [9.17, 15) is 9.59 Å². The van der Waals surface area contributed by atoms with Gasteiger partial charge in [0.2, 0.25) is 0 Å². The van der Waals surface area contributed by atoms with Crippen LogP contribution in [-0.4, -0.2) is 23.0 Å². The van der Waals surface area contributed by atoms with Crippen LogP contribution in [0.15, 0.2) is 77.6 Å². The number of nitrogens with zero attached hydrogens (tertiary/aromatic N) is 1. The Morgan fingerprint density at radius 3 is 2.57 bits per heavy atom. The second kappa shape index (κ2) is 8.49. The molecule has 0 spiro atoms. The van der Waals surface area contributed by atoms with Crippen molar-refractivity contribution in [2.45, 2.75) is 6.10 Å². The van der Waals surface area contributed by atoms with Crippen molar-refractivity contribution in [1.29, 1.82) is 0 Å². The highest BCUT2D eigenvalue weighted by molar-refractivity contribution is 6.31. The largest absolute Gasteiger partial charge is 0.367 e. The van der Waals surface area contributed by atoms with Crippen molar-refractivity contribution in [3.05, 3.63) is 93.7 Å². The molecule has 1 atom stereocenters. The van der Waals surface area contributed by atoms with Crippen LogP contribution in [0, 0.1) is 0 Å². The molecule has 7 heteroatoms. The molecule has 6 nitrogen and oxygen atoms in total. The molecule has 0 aliphatic carbocycles. The van der Waals surface area contributed by atoms with E-state index in [2.05, 4.69) is 15.3 Å². The van der Waals surface area contributed by atoms with Crippen LogP contribution in [0.3, 0.4) is 0 Å². The molecule has 0 radical (unpaired) electrons. The third kappa shape index (κ3) is 3.96. The maximum Gasteiger partial charge on any atom is 0.275 e. The van der Waals surface area contributed by atoms with Crippen molar-refractivity contribution in [2.75, 3.05) is 12.4 Å². The third-order valence-corrected chi connectivity index (χ3v) is 4.91. The maximum atomic E-state index is 12.9. The molecule has 4 aromatic rings. The molecule has 150 valence electrons. The second-order valence-corrected chi connectivity index (χ2v) is 7.07. The molecule has 30 heavy (non-hydrogen) atoms. The van der Waals surface area contributed by atoms with E-state index in [4.69, 9.17) is 16.3 Å². The molecule has 0 aliphatic heterocycles. The highest BCUT2D eigenvalue weighted by Gasteiger charge is 2.22. The molecular formula is C23H18ClN3O3. The highest BCUT2D eigenvalue weighted by atomic mass is 35.5. The molecule has 0 bridgehead atoms. The average Bonchev–Trinajstić information content (AvgIpc) is 2.76. The van der Waals surface area contributed by atoms with Gasteiger partial charge in [-0.05, 0) is 35.9 Å². The summed E-state index contributed by atoms with van der Waals surface area (Å²) in [4.78, 5) is 32.9. The van der Waals surface area contributed by atoms with Crippen LogP contribution in [-0.2, 0) is 9.53 Å². The van der Waals surface area contributed by atoms with Gasteiger partial charge in [0.05, 0.1) is 16.7 Å². The van der Waals surface area contributed by atoms with Crippen molar-refractivity contribution in [3.63, 3.8) is 0 Å². The second-order valence-electron chi connectivity index (χ2n) is 6.64. The van der Waals surface area contributed by atoms with E-state index < -0.39 is 6.10 Å². The van der Waals surface area contributed by atoms with Crippen molar-refractivity contribution < 1.29 is 9.53 Å². The zero-order valence-electron chi connectivity index (χ0n) is 16.1. The topological polar surface area (TPSA) is 84.1 Å². The Morgan fingerprint density at radius 2 is 1.80 bits per heavy atom. The van der Waals surface area contributed by atoms with Crippen LogP contribution in [0.4, 0.5) is 5.69 Å². The predicted octanol–water partition coefficient (Wildman–Crippen LogP) is 4.57. The first-order chi connectivity index (χ1) is 14.6. The van der Waals surface area contributed by atoms with Crippen molar-refractivity contribution in [1.82, 2.24) is 9.97 Å². The van der Waals surface area contributed by atoms with Crippen molar-refractivity contribution in [3.8, 4) is 11.3 Å².